The van der Waals surface area contributed by atoms with E-state index in [1.54, 1.807) is 6.07 Å². The van der Waals surface area contributed by atoms with Crippen molar-refractivity contribution in [2.24, 2.45) is 11.3 Å². The molecule has 0 aromatic heterocycles. The summed E-state index contributed by atoms with van der Waals surface area (Å²) in [6.07, 6.45) is 1.09. The molecule has 1 aliphatic rings. The topological polar surface area (TPSA) is 20.3 Å². The van der Waals surface area contributed by atoms with Crippen molar-refractivity contribution in [1.29, 1.82) is 0 Å². The molecule has 0 radical (unpaired) electrons. The number of hydrogen-bond donors (Lipinski definition) is 0. The van der Waals surface area contributed by atoms with Gasteiger partial charge in [-0.1, -0.05) is 32.4 Å². The first-order valence-electron chi connectivity index (χ1n) is 6.53. The number of amides is 1. The van der Waals surface area contributed by atoms with Gasteiger partial charge in [0.1, 0.15) is 0 Å². The van der Waals surface area contributed by atoms with Crippen LogP contribution in [0.2, 0.25) is 5.02 Å². The summed E-state index contributed by atoms with van der Waals surface area (Å²) in [7, 11) is 0. The van der Waals surface area contributed by atoms with Gasteiger partial charge in [0.15, 0.2) is 0 Å². The van der Waals surface area contributed by atoms with Crippen LogP contribution in [-0.2, 0) is 0 Å². The molecule has 0 N–H and O–H groups in total. The van der Waals surface area contributed by atoms with Crippen molar-refractivity contribution in [3.63, 3.8) is 0 Å². The highest BCUT2D eigenvalue weighted by Gasteiger charge is 2.34. The maximum absolute atomic E-state index is 12.4. The second kappa shape index (κ2) is 5.60. The van der Waals surface area contributed by atoms with Gasteiger partial charge in [-0.2, -0.15) is 0 Å². The maximum atomic E-state index is 12.4. The van der Waals surface area contributed by atoms with E-state index in [2.05, 4.69) is 43.4 Å². The summed E-state index contributed by atoms with van der Waals surface area (Å²) in [5, 5.41) is 0.651. The van der Waals surface area contributed by atoms with Gasteiger partial charge in [-0.3, -0.25) is 4.79 Å². The zero-order valence-corrected chi connectivity index (χ0v) is 14.5. The number of benzene rings is 1. The lowest BCUT2D eigenvalue weighted by atomic mass is 9.80. The van der Waals surface area contributed by atoms with Crippen molar-refractivity contribution in [3.8, 4) is 0 Å². The van der Waals surface area contributed by atoms with Crippen LogP contribution >= 0.6 is 34.2 Å². The Kier molecular flexibility index (Phi) is 4.45. The minimum Gasteiger partial charge on any atom is -0.338 e. The molecule has 1 amide bonds. The van der Waals surface area contributed by atoms with Crippen molar-refractivity contribution in [2.75, 3.05) is 13.1 Å². The third kappa shape index (κ3) is 3.43. The van der Waals surface area contributed by atoms with Crippen LogP contribution in [-0.4, -0.2) is 23.9 Å². The van der Waals surface area contributed by atoms with E-state index in [1.807, 2.05) is 17.0 Å². The molecule has 2 rings (SSSR count). The highest BCUT2D eigenvalue weighted by atomic mass is 127. The fourth-order valence-electron chi connectivity index (χ4n) is 2.46. The minimum atomic E-state index is 0.102. The normalized spacial score (nSPS) is 19.8. The summed E-state index contributed by atoms with van der Waals surface area (Å²) in [5.74, 6) is 0.681. The van der Waals surface area contributed by atoms with Gasteiger partial charge < -0.3 is 4.90 Å². The Morgan fingerprint density at radius 3 is 2.63 bits per heavy atom. The zero-order valence-electron chi connectivity index (χ0n) is 11.5. The highest BCUT2D eigenvalue weighted by Crippen LogP contribution is 2.34. The van der Waals surface area contributed by atoms with Crippen LogP contribution in [0.15, 0.2) is 18.2 Å². The van der Waals surface area contributed by atoms with Gasteiger partial charge in [-0.15, -0.1) is 0 Å². The Hall–Kier alpha value is -0.290. The van der Waals surface area contributed by atoms with Gasteiger partial charge in [0.05, 0.1) is 5.02 Å². The third-order valence-corrected chi connectivity index (χ3v) is 5.44. The van der Waals surface area contributed by atoms with Crippen molar-refractivity contribution in [3.05, 3.63) is 32.4 Å². The molecule has 104 valence electrons. The predicted molar refractivity (Wildman–Crippen MR) is 87.6 cm³/mol. The van der Waals surface area contributed by atoms with Crippen molar-refractivity contribution < 1.29 is 4.79 Å². The number of hydrogen-bond acceptors (Lipinski definition) is 1. The summed E-state index contributed by atoms with van der Waals surface area (Å²) in [4.78, 5) is 14.4. The first-order valence-corrected chi connectivity index (χ1v) is 7.99. The second-order valence-electron chi connectivity index (χ2n) is 6.23. The fourth-order valence-corrected chi connectivity index (χ4v) is 2.98. The van der Waals surface area contributed by atoms with Gasteiger partial charge in [0, 0.05) is 22.2 Å². The van der Waals surface area contributed by atoms with E-state index in [4.69, 9.17) is 11.6 Å². The number of likely N-dealkylation sites (tertiary alicyclic amines) is 1. The standard InChI is InChI=1S/C15H19ClINO/c1-15(2,3)11-6-7-18(9-11)14(19)10-4-5-13(17)12(16)8-10/h4-5,8,11H,6-7,9H2,1-3H3. The molecule has 19 heavy (non-hydrogen) atoms. The van der Waals surface area contributed by atoms with Crippen LogP contribution in [0.5, 0.6) is 0 Å². The number of rotatable bonds is 1. The molecule has 0 aliphatic carbocycles. The molecule has 1 atom stereocenters. The Bertz CT molecular complexity index is 495. The number of carbonyl (C=O) groups excluding carboxylic acids is 1. The van der Waals surface area contributed by atoms with E-state index >= 15 is 0 Å². The van der Waals surface area contributed by atoms with E-state index < -0.39 is 0 Å². The van der Waals surface area contributed by atoms with E-state index in [9.17, 15) is 4.79 Å². The summed E-state index contributed by atoms with van der Waals surface area (Å²) >= 11 is 8.26. The Balaban J connectivity index is 2.11. The molecule has 1 heterocycles. The van der Waals surface area contributed by atoms with Crippen molar-refractivity contribution in [1.82, 2.24) is 4.90 Å². The van der Waals surface area contributed by atoms with Gasteiger partial charge >= 0.3 is 0 Å². The Morgan fingerprint density at radius 2 is 2.11 bits per heavy atom. The summed E-state index contributed by atoms with van der Waals surface area (Å²) in [5.41, 5.74) is 0.957. The van der Waals surface area contributed by atoms with Crippen LogP contribution in [0, 0.1) is 14.9 Å². The second-order valence-corrected chi connectivity index (χ2v) is 7.80. The first kappa shape index (κ1) is 15.1. The summed E-state index contributed by atoms with van der Waals surface area (Å²) in [6.45, 7) is 8.43. The number of nitrogens with zero attached hydrogens (tertiary/aromatic N) is 1. The largest absolute Gasteiger partial charge is 0.338 e. The smallest absolute Gasteiger partial charge is 0.253 e. The molecule has 2 nitrogen and oxygen atoms in total. The van der Waals surface area contributed by atoms with Crippen molar-refractivity contribution in [2.45, 2.75) is 27.2 Å². The summed E-state index contributed by atoms with van der Waals surface area (Å²) < 4.78 is 0.977. The van der Waals surface area contributed by atoms with Crippen LogP contribution < -0.4 is 0 Å². The van der Waals surface area contributed by atoms with Gasteiger partial charge in [-0.05, 0) is 58.5 Å². The lowest BCUT2D eigenvalue weighted by molar-refractivity contribution is 0.0776. The average Bonchev–Trinajstić information content (AvgIpc) is 2.81. The number of halogens is 2. The molecule has 1 aliphatic heterocycles. The van der Waals surface area contributed by atoms with Gasteiger partial charge in [-0.25, -0.2) is 0 Å². The molecule has 1 aromatic carbocycles. The Labute approximate surface area is 133 Å². The fraction of sp³-hybridized carbons (Fsp3) is 0.533. The van der Waals surface area contributed by atoms with Crippen LogP contribution in [0.4, 0.5) is 0 Å². The van der Waals surface area contributed by atoms with Crippen LogP contribution in [0.25, 0.3) is 0 Å². The molecule has 1 aromatic rings. The molecular weight excluding hydrogens is 373 g/mol. The van der Waals surface area contributed by atoms with E-state index in [-0.39, 0.29) is 11.3 Å². The molecular formula is C15H19ClINO. The molecule has 0 spiro atoms. The van der Waals surface area contributed by atoms with Crippen LogP contribution in [0.3, 0.4) is 0 Å². The number of carbonyl (C=O) groups is 1. The molecule has 4 heteroatoms. The third-order valence-electron chi connectivity index (χ3n) is 3.87. The SMILES string of the molecule is CC(C)(C)C1CCN(C(=O)c2ccc(I)c(Cl)c2)C1. The maximum Gasteiger partial charge on any atom is 0.253 e. The summed E-state index contributed by atoms with van der Waals surface area (Å²) in [6, 6.07) is 5.53. The quantitative estimate of drug-likeness (QED) is 0.648. The van der Waals surface area contributed by atoms with Crippen LogP contribution in [0.1, 0.15) is 37.6 Å². The molecule has 0 bridgehead atoms. The average molecular weight is 392 g/mol. The van der Waals surface area contributed by atoms with Gasteiger partial charge in [0.2, 0.25) is 0 Å². The van der Waals surface area contributed by atoms with E-state index in [0.29, 0.717) is 16.5 Å². The lowest BCUT2D eigenvalue weighted by Gasteiger charge is -2.27. The van der Waals surface area contributed by atoms with Crippen molar-refractivity contribution >= 4 is 40.1 Å². The van der Waals surface area contributed by atoms with E-state index in [1.165, 1.54) is 0 Å². The van der Waals surface area contributed by atoms with E-state index in [0.717, 1.165) is 23.1 Å². The first-order chi connectivity index (χ1) is 8.79. The lowest BCUT2D eigenvalue weighted by Crippen LogP contribution is -2.31. The highest BCUT2D eigenvalue weighted by molar-refractivity contribution is 14.1. The Morgan fingerprint density at radius 1 is 1.42 bits per heavy atom. The zero-order chi connectivity index (χ0) is 14.2. The molecule has 1 saturated heterocycles. The monoisotopic (exact) mass is 391 g/mol. The molecule has 1 unspecified atom stereocenters. The molecule has 0 saturated carbocycles. The predicted octanol–water partition coefficient (Wildman–Crippen LogP) is 4.45. The van der Waals surface area contributed by atoms with Gasteiger partial charge in [0.25, 0.3) is 5.91 Å². The minimum absolute atomic E-state index is 0.102. The molecule has 1 fully saturated rings.